The van der Waals surface area contributed by atoms with Gasteiger partial charge in [-0.25, -0.2) is 10.8 Å². The number of hydrogen-bond donors (Lipinski definition) is 3. The zero-order valence-corrected chi connectivity index (χ0v) is 13.1. The highest BCUT2D eigenvalue weighted by Gasteiger charge is 2.11. The standard InChI is InChI=1S/C12H9BrCl2N4O/c13-7-1-2-8(14)9(5-7)17-12(20)6-3-10(15)18-11(4-6)19-16/h1-5H,16H2,(H,17,20)(H,18,19). The second-order valence-corrected chi connectivity index (χ2v) is 5.50. The van der Waals surface area contributed by atoms with E-state index in [-0.39, 0.29) is 11.1 Å². The van der Waals surface area contributed by atoms with Gasteiger partial charge in [-0.15, -0.1) is 0 Å². The van der Waals surface area contributed by atoms with Gasteiger partial charge in [-0.3, -0.25) is 4.79 Å². The molecular weight excluding hydrogens is 367 g/mol. The summed E-state index contributed by atoms with van der Waals surface area (Å²) in [5, 5.41) is 3.28. The van der Waals surface area contributed by atoms with Crippen LogP contribution < -0.4 is 16.6 Å². The van der Waals surface area contributed by atoms with E-state index in [9.17, 15) is 4.79 Å². The third-order valence-electron chi connectivity index (χ3n) is 2.38. The molecule has 4 N–H and O–H groups in total. The lowest BCUT2D eigenvalue weighted by Crippen LogP contribution is -2.15. The molecule has 0 aliphatic heterocycles. The maximum atomic E-state index is 12.2. The Morgan fingerprint density at radius 1 is 1.25 bits per heavy atom. The van der Waals surface area contributed by atoms with Gasteiger partial charge in [0.2, 0.25) is 0 Å². The minimum atomic E-state index is -0.370. The van der Waals surface area contributed by atoms with Crippen LogP contribution in [0.4, 0.5) is 11.5 Å². The fourth-order valence-electron chi connectivity index (χ4n) is 1.49. The molecule has 1 heterocycles. The van der Waals surface area contributed by atoms with Gasteiger partial charge in [0.25, 0.3) is 5.91 Å². The number of nitrogens with one attached hydrogen (secondary N) is 2. The number of aromatic nitrogens is 1. The smallest absolute Gasteiger partial charge is 0.255 e. The van der Waals surface area contributed by atoms with Crippen molar-refractivity contribution in [2.75, 3.05) is 10.7 Å². The van der Waals surface area contributed by atoms with Gasteiger partial charge in [-0.05, 0) is 30.3 Å². The molecule has 1 aromatic carbocycles. The summed E-state index contributed by atoms with van der Waals surface area (Å²) in [5.74, 6) is 5.18. The largest absolute Gasteiger partial charge is 0.321 e. The lowest BCUT2D eigenvalue weighted by molar-refractivity contribution is 0.102. The predicted molar refractivity (Wildman–Crippen MR) is 84.2 cm³/mol. The predicted octanol–water partition coefficient (Wildman–Crippen LogP) is 3.69. The number of pyridine rings is 1. The lowest BCUT2D eigenvalue weighted by atomic mass is 10.2. The Bertz CT molecular complexity index is 666. The van der Waals surface area contributed by atoms with Crippen LogP contribution in [0.3, 0.4) is 0 Å². The van der Waals surface area contributed by atoms with Gasteiger partial charge >= 0.3 is 0 Å². The third-order valence-corrected chi connectivity index (χ3v) is 3.40. The van der Waals surface area contributed by atoms with Gasteiger partial charge in [0, 0.05) is 10.0 Å². The average Bonchev–Trinajstić information content (AvgIpc) is 2.42. The zero-order valence-electron chi connectivity index (χ0n) is 9.95. The highest BCUT2D eigenvalue weighted by Crippen LogP contribution is 2.26. The molecule has 0 saturated carbocycles. The number of carbonyl (C=O) groups excluding carboxylic acids is 1. The first-order valence-electron chi connectivity index (χ1n) is 5.40. The van der Waals surface area contributed by atoms with E-state index in [1.165, 1.54) is 12.1 Å². The number of halogens is 3. The average molecular weight is 376 g/mol. The summed E-state index contributed by atoms with van der Waals surface area (Å²) >= 11 is 15.1. The highest BCUT2D eigenvalue weighted by molar-refractivity contribution is 9.10. The summed E-state index contributed by atoms with van der Waals surface area (Å²) in [7, 11) is 0. The first kappa shape index (κ1) is 15.1. The molecule has 1 aromatic heterocycles. The van der Waals surface area contributed by atoms with Crippen LogP contribution in [0.25, 0.3) is 0 Å². The number of nitrogens with zero attached hydrogens (tertiary/aromatic N) is 1. The van der Waals surface area contributed by atoms with Crippen LogP contribution in [0.2, 0.25) is 10.2 Å². The Kier molecular flexibility index (Phi) is 4.82. The molecule has 0 spiro atoms. The molecule has 5 nitrogen and oxygen atoms in total. The molecule has 0 fully saturated rings. The Morgan fingerprint density at radius 2 is 2.00 bits per heavy atom. The van der Waals surface area contributed by atoms with Crippen LogP contribution in [0, 0.1) is 0 Å². The summed E-state index contributed by atoms with van der Waals surface area (Å²) in [6.07, 6.45) is 0. The van der Waals surface area contributed by atoms with E-state index < -0.39 is 0 Å². The summed E-state index contributed by atoms with van der Waals surface area (Å²) in [4.78, 5) is 16.0. The minimum absolute atomic E-state index is 0.158. The Hall–Kier alpha value is -1.34. The number of amides is 1. The molecule has 0 aliphatic carbocycles. The van der Waals surface area contributed by atoms with Crippen molar-refractivity contribution in [3.8, 4) is 0 Å². The summed E-state index contributed by atoms with van der Waals surface area (Å²) in [6, 6.07) is 8.06. The molecule has 0 saturated heterocycles. The van der Waals surface area contributed by atoms with Crippen molar-refractivity contribution in [1.82, 2.24) is 4.98 Å². The van der Waals surface area contributed by atoms with Crippen LogP contribution in [0.1, 0.15) is 10.4 Å². The molecular formula is C12H9BrCl2N4O. The number of hydrazine groups is 1. The quantitative estimate of drug-likeness (QED) is 0.434. The molecule has 0 bridgehead atoms. The monoisotopic (exact) mass is 374 g/mol. The van der Waals surface area contributed by atoms with E-state index in [0.29, 0.717) is 22.1 Å². The number of rotatable bonds is 3. The molecule has 0 atom stereocenters. The summed E-state index contributed by atoms with van der Waals surface area (Å²) in [6.45, 7) is 0. The van der Waals surface area contributed by atoms with Crippen LogP contribution in [-0.2, 0) is 0 Å². The number of nitrogen functional groups attached to an aromatic ring is 1. The normalized spacial score (nSPS) is 10.2. The van der Waals surface area contributed by atoms with Crippen molar-refractivity contribution in [3.05, 3.63) is 50.5 Å². The molecule has 104 valence electrons. The lowest BCUT2D eigenvalue weighted by Gasteiger charge is -2.09. The molecule has 2 rings (SSSR count). The molecule has 0 unspecified atom stereocenters. The van der Waals surface area contributed by atoms with Gasteiger partial charge in [0.05, 0.1) is 10.7 Å². The number of hydrogen-bond acceptors (Lipinski definition) is 4. The van der Waals surface area contributed by atoms with E-state index in [4.69, 9.17) is 29.0 Å². The van der Waals surface area contributed by atoms with Crippen molar-refractivity contribution >= 4 is 56.5 Å². The van der Waals surface area contributed by atoms with Gasteiger partial charge in [0.1, 0.15) is 11.0 Å². The maximum Gasteiger partial charge on any atom is 0.255 e. The second-order valence-electron chi connectivity index (χ2n) is 3.79. The summed E-state index contributed by atoms with van der Waals surface area (Å²) in [5.41, 5.74) is 3.14. The Morgan fingerprint density at radius 3 is 2.70 bits per heavy atom. The highest BCUT2D eigenvalue weighted by atomic mass is 79.9. The Labute approximate surface area is 133 Å². The molecule has 20 heavy (non-hydrogen) atoms. The van der Waals surface area contributed by atoms with Crippen LogP contribution in [0.5, 0.6) is 0 Å². The van der Waals surface area contributed by atoms with E-state index in [1.807, 2.05) is 0 Å². The van der Waals surface area contributed by atoms with Crippen LogP contribution >= 0.6 is 39.1 Å². The SMILES string of the molecule is NNc1cc(C(=O)Nc2cc(Br)ccc2Cl)cc(Cl)n1. The first-order valence-corrected chi connectivity index (χ1v) is 6.95. The number of carbonyl (C=O) groups is 1. The molecule has 1 amide bonds. The number of nitrogens with two attached hydrogens (primary N) is 1. The van der Waals surface area contributed by atoms with Crippen molar-refractivity contribution in [1.29, 1.82) is 0 Å². The zero-order chi connectivity index (χ0) is 14.7. The van der Waals surface area contributed by atoms with Crippen molar-refractivity contribution < 1.29 is 4.79 Å². The minimum Gasteiger partial charge on any atom is -0.321 e. The van der Waals surface area contributed by atoms with Gasteiger partial charge in [0.15, 0.2) is 0 Å². The molecule has 2 aromatic rings. The fourth-order valence-corrected chi connectivity index (χ4v) is 2.22. The van der Waals surface area contributed by atoms with E-state index >= 15 is 0 Å². The van der Waals surface area contributed by atoms with Crippen molar-refractivity contribution in [2.45, 2.75) is 0 Å². The van der Waals surface area contributed by atoms with E-state index in [1.54, 1.807) is 18.2 Å². The first-order chi connectivity index (χ1) is 9.49. The van der Waals surface area contributed by atoms with E-state index in [2.05, 4.69) is 31.7 Å². The maximum absolute atomic E-state index is 12.2. The third kappa shape index (κ3) is 3.61. The van der Waals surface area contributed by atoms with E-state index in [0.717, 1.165) is 4.47 Å². The topological polar surface area (TPSA) is 80.0 Å². The molecule has 8 heteroatoms. The summed E-state index contributed by atoms with van der Waals surface area (Å²) < 4.78 is 0.800. The Balaban J connectivity index is 2.28. The van der Waals surface area contributed by atoms with Crippen LogP contribution in [-0.4, -0.2) is 10.9 Å². The van der Waals surface area contributed by atoms with Crippen molar-refractivity contribution in [3.63, 3.8) is 0 Å². The fraction of sp³-hybridized carbons (Fsp3) is 0. The van der Waals surface area contributed by atoms with Crippen LogP contribution in [0.15, 0.2) is 34.8 Å². The second kappa shape index (κ2) is 6.41. The van der Waals surface area contributed by atoms with Gasteiger partial charge in [-0.1, -0.05) is 39.1 Å². The van der Waals surface area contributed by atoms with Gasteiger partial charge < -0.3 is 10.7 Å². The number of benzene rings is 1. The molecule has 0 aliphatic rings. The molecule has 0 radical (unpaired) electrons. The number of anilines is 2. The van der Waals surface area contributed by atoms with Gasteiger partial charge in [-0.2, -0.15) is 0 Å². The van der Waals surface area contributed by atoms with Crippen molar-refractivity contribution in [2.24, 2.45) is 5.84 Å².